The number of carbonyl (C=O) groups is 1. The molecule has 0 fully saturated rings. The van der Waals surface area contributed by atoms with Crippen LogP contribution < -0.4 is 5.32 Å². The third kappa shape index (κ3) is 2.61. The van der Waals surface area contributed by atoms with Crippen LogP contribution in [0.15, 0.2) is 35.5 Å². The summed E-state index contributed by atoms with van der Waals surface area (Å²) in [5.41, 5.74) is 1.44. The molecule has 20 heavy (non-hydrogen) atoms. The summed E-state index contributed by atoms with van der Waals surface area (Å²) in [5.74, 6) is -0.148. The van der Waals surface area contributed by atoms with Crippen LogP contribution in [0.1, 0.15) is 5.56 Å². The molecule has 1 unspecified atom stereocenters. The number of hydrogen-bond acceptors (Lipinski definition) is 4. The quantitative estimate of drug-likeness (QED) is 0.859. The minimum Gasteiger partial charge on any atom is -0.320 e. The number of carbonyl (C=O) groups excluding carboxylic acids is 1. The Hall–Kier alpha value is -1.30. The molecule has 7 heteroatoms. The summed E-state index contributed by atoms with van der Waals surface area (Å²) in [6.07, 6.45) is 1.94. The number of anilines is 1. The average molecular weight is 326 g/mol. The minimum atomic E-state index is -0.195. The molecule has 1 N–H and O–H groups in total. The van der Waals surface area contributed by atoms with Gasteiger partial charge >= 0.3 is 0 Å². The highest BCUT2D eigenvalue weighted by molar-refractivity contribution is 8.01. The number of hydrogen-bond donors (Lipinski definition) is 1. The fourth-order valence-corrected chi connectivity index (χ4v) is 3.58. The molecule has 0 saturated heterocycles. The van der Waals surface area contributed by atoms with Crippen molar-refractivity contribution in [2.24, 2.45) is 0 Å². The molecular weight excluding hydrogens is 317 g/mol. The SMILES string of the molecule is O=C(Nc1c(Cl)ncnc1Cl)C1Cc2ccccc2S1. The van der Waals surface area contributed by atoms with E-state index in [-0.39, 0.29) is 27.2 Å². The van der Waals surface area contributed by atoms with Crippen LogP contribution >= 0.6 is 35.0 Å². The van der Waals surface area contributed by atoms with E-state index in [0.29, 0.717) is 6.42 Å². The number of nitrogens with one attached hydrogen (secondary N) is 1. The van der Waals surface area contributed by atoms with Gasteiger partial charge in [-0.2, -0.15) is 0 Å². The first-order valence-electron chi connectivity index (χ1n) is 5.86. The molecule has 1 atom stereocenters. The Morgan fingerprint density at radius 3 is 2.65 bits per heavy atom. The lowest BCUT2D eigenvalue weighted by Gasteiger charge is -2.11. The molecule has 1 amide bonds. The zero-order valence-electron chi connectivity index (χ0n) is 10.1. The summed E-state index contributed by atoms with van der Waals surface area (Å²) in [4.78, 5) is 21.0. The predicted octanol–water partition coefficient (Wildman–Crippen LogP) is 3.44. The van der Waals surface area contributed by atoms with Gasteiger partial charge in [0.25, 0.3) is 0 Å². The summed E-state index contributed by atoms with van der Waals surface area (Å²) in [7, 11) is 0. The van der Waals surface area contributed by atoms with E-state index in [1.165, 1.54) is 23.7 Å². The molecule has 0 aliphatic carbocycles. The molecule has 1 aliphatic heterocycles. The first kappa shape index (κ1) is 13.7. The highest BCUT2D eigenvalue weighted by Crippen LogP contribution is 2.37. The van der Waals surface area contributed by atoms with E-state index in [0.717, 1.165) is 4.90 Å². The Kier molecular flexibility index (Phi) is 3.83. The van der Waals surface area contributed by atoms with E-state index in [1.54, 1.807) is 0 Å². The number of rotatable bonds is 2. The largest absolute Gasteiger partial charge is 0.320 e. The highest BCUT2D eigenvalue weighted by atomic mass is 35.5. The third-order valence-corrected chi connectivity index (χ3v) is 4.83. The molecule has 1 aromatic heterocycles. The summed E-state index contributed by atoms with van der Waals surface area (Å²) in [5, 5.41) is 2.79. The first-order valence-corrected chi connectivity index (χ1v) is 7.50. The van der Waals surface area contributed by atoms with Gasteiger partial charge in [0.1, 0.15) is 12.0 Å². The van der Waals surface area contributed by atoms with E-state index in [2.05, 4.69) is 15.3 Å². The van der Waals surface area contributed by atoms with Crippen molar-refractivity contribution in [1.29, 1.82) is 0 Å². The zero-order chi connectivity index (χ0) is 14.1. The van der Waals surface area contributed by atoms with E-state index in [1.807, 2.05) is 24.3 Å². The van der Waals surface area contributed by atoms with Crippen molar-refractivity contribution < 1.29 is 4.79 Å². The number of amides is 1. The van der Waals surface area contributed by atoms with Gasteiger partial charge in [0.15, 0.2) is 10.3 Å². The lowest BCUT2D eigenvalue weighted by atomic mass is 10.1. The van der Waals surface area contributed by atoms with Crippen LogP contribution in [0.25, 0.3) is 0 Å². The molecule has 1 aromatic carbocycles. The summed E-state index contributed by atoms with van der Waals surface area (Å²) >= 11 is 13.4. The van der Waals surface area contributed by atoms with Crippen molar-refractivity contribution >= 4 is 46.6 Å². The molecule has 2 heterocycles. The van der Waals surface area contributed by atoms with Gasteiger partial charge in [0.05, 0.1) is 5.25 Å². The van der Waals surface area contributed by atoms with Crippen LogP contribution in [0.4, 0.5) is 5.69 Å². The maximum absolute atomic E-state index is 12.3. The Bertz CT molecular complexity index is 635. The van der Waals surface area contributed by atoms with Crippen LogP contribution in [-0.4, -0.2) is 21.1 Å². The lowest BCUT2D eigenvalue weighted by Crippen LogP contribution is -2.25. The van der Waals surface area contributed by atoms with Gasteiger partial charge in [-0.25, -0.2) is 9.97 Å². The second kappa shape index (κ2) is 5.60. The molecule has 0 radical (unpaired) electrons. The highest BCUT2D eigenvalue weighted by Gasteiger charge is 2.28. The van der Waals surface area contributed by atoms with Gasteiger partial charge in [-0.15, -0.1) is 11.8 Å². The van der Waals surface area contributed by atoms with Gasteiger partial charge < -0.3 is 5.32 Å². The van der Waals surface area contributed by atoms with E-state index >= 15 is 0 Å². The van der Waals surface area contributed by atoms with Crippen molar-refractivity contribution in [3.63, 3.8) is 0 Å². The molecule has 2 aromatic rings. The molecule has 0 spiro atoms. The Morgan fingerprint density at radius 1 is 1.25 bits per heavy atom. The van der Waals surface area contributed by atoms with E-state index in [4.69, 9.17) is 23.2 Å². The Morgan fingerprint density at radius 2 is 1.95 bits per heavy atom. The summed E-state index contributed by atoms with van der Waals surface area (Å²) < 4.78 is 0. The van der Waals surface area contributed by atoms with Crippen LogP contribution in [0.5, 0.6) is 0 Å². The number of aromatic nitrogens is 2. The van der Waals surface area contributed by atoms with Gasteiger partial charge in [-0.05, 0) is 18.1 Å². The number of halogens is 2. The van der Waals surface area contributed by atoms with Crippen LogP contribution in [-0.2, 0) is 11.2 Å². The fraction of sp³-hybridized carbons (Fsp3) is 0.154. The normalized spacial score (nSPS) is 16.8. The van der Waals surface area contributed by atoms with Gasteiger partial charge in [-0.3, -0.25) is 4.79 Å². The molecule has 4 nitrogen and oxygen atoms in total. The molecule has 0 bridgehead atoms. The van der Waals surface area contributed by atoms with E-state index < -0.39 is 0 Å². The van der Waals surface area contributed by atoms with Crippen molar-refractivity contribution in [2.45, 2.75) is 16.6 Å². The zero-order valence-corrected chi connectivity index (χ0v) is 12.5. The maximum atomic E-state index is 12.3. The lowest BCUT2D eigenvalue weighted by molar-refractivity contribution is -0.115. The predicted molar refractivity (Wildman–Crippen MR) is 80.5 cm³/mol. The van der Waals surface area contributed by atoms with Crippen LogP contribution in [0, 0.1) is 0 Å². The summed E-state index contributed by atoms with van der Waals surface area (Å²) in [6, 6.07) is 7.98. The van der Waals surface area contributed by atoms with Crippen LogP contribution in [0.2, 0.25) is 10.3 Å². The van der Waals surface area contributed by atoms with Crippen LogP contribution in [0.3, 0.4) is 0 Å². The molecule has 1 aliphatic rings. The Balaban J connectivity index is 1.76. The van der Waals surface area contributed by atoms with Crippen molar-refractivity contribution in [3.8, 4) is 0 Å². The van der Waals surface area contributed by atoms with Crippen molar-refractivity contribution in [1.82, 2.24) is 9.97 Å². The number of nitrogens with zero attached hydrogens (tertiary/aromatic N) is 2. The second-order valence-electron chi connectivity index (χ2n) is 4.24. The average Bonchev–Trinajstić information content (AvgIpc) is 2.87. The third-order valence-electron chi connectivity index (χ3n) is 2.94. The fourth-order valence-electron chi connectivity index (χ4n) is 1.98. The van der Waals surface area contributed by atoms with Crippen molar-refractivity contribution in [2.75, 3.05) is 5.32 Å². The maximum Gasteiger partial charge on any atom is 0.238 e. The molecule has 102 valence electrons. The second-order valence-corrected chi connectivity index (χ2v) is 6.20. The molecular formula is C13H9Cl2N3OS. The molecule has 3 rings (SSSR count). The first-order chi connectivity index (χ1) is 9.65. The number of benzene rings is 1. The van der Waals surface area contributed by atoms with Gasteiger partial charge in [0, 0.05) is 4.90 Å². The number of fused-ring (bicyclic) bond motifs is 1. The van der Waals surface area contributed by atoms with Gasteiger partial charge in [0.2, 0.25) is 5.91 Å². The van der Waals surface area contributed by atoms with Gasteiger partial charge in [-0.1, -0.05) is 41.4 Å². The monoisotopic (exact) mass is 325 g/mol. The number of thioether (sulfide) groups is 1. The standard InChI is InChI=1S/C13H9Cl2N3OS/c14-11-10(12(15)17-6-16-11)18-13(19)9-5-7-3-1-2-4-8(7)20-9/h1-4,6,9H,5H2,(H,18,19). The smallest absolute Gasteiger partial charge is 0.238 e. The summed E-state index contributed by atoms with van der Waals surface area (Å²) in [6.45, 7) is 0. The Labute approximate surface area is 129 Å². The molecule has 0 saturated carbocycles. The minimum absolute atomic E-state index is 0.138. The topological polar surface area (TPSA) is 54.9 Å². The van der Waals surface area contributed by atoms with Crippen molar-refractivity contribution in [3.05, 3.63) is 46.5 Å². The van der Waals surface area contributed by atoms with E-state index in [9.17, 15) is 4.79 Å².